The number of H-pyrrole nitrogens is 1. The molecule has 0 unspecified atom stereocenters. The van der Waals surface area contributed by atoms with Gasteiger partial charge in [-0.05, 0) is 29.8 Å². The Kier molecular flexibility index (Phi) is 7.49. The molecule has 6 nitrogen and oxygen atoms in total. The Morgan fingerprint density at radius 3 is 2.31 bits per heavy atom. The van der Waals surface area contributed by atoms with E-state index in [1.54, 1.807) is 0 Å². The van der Waals surface area contributed by atoms with Gasteiger partial charge in [-0.2, -0.15) is 27.1 Å². The maximum absolute atomic E-state index is 13.7. The third-order valence-corrected chi connectivity index (χ3v) is 3.89. The van der Waals surface area contributed by atoms with Crippen molar-refractivity contribution in [2.45, 2.75) is 25.9 Å². The fourth-order valence-electron chi connectivity index (χ4n) is 2.42. The lowest BCUT2D eigenvalue weighted by Gasteiger charge is -2.21. The lowest BCUT2D eigenvalue weighted by atomic mass is 10.0. The number of hydrogen-bond donors (Lipinski definition) is 2. The molecule has 0 atom stereocenters. The van der Waals surface area contributed by atoms with E-state index in [-0.39, 0.29) is 22.5 Å². The molecule has 0 bridgehead atoms. The molecule has 2 N–H and O–H groups in total. The van der Waals surface area contributed by atoms with Gasteiger partial charge < -0.3 is 9.84 Å². The summed E-state index contributed by atoms with van der Waals surface area (Å²) < 4.78 is 81.9. The van der Waals surface area contributed by atoms with E-state index in [0.717, 1.165) is 18.2 Å². The molecule has 0 aliphatic heterocycles. The Bertz CT molecular complexity index is 1080. The Hall–Kier alpha value is -3.57. The maximum atomic E-state index is 13.7. The van der Waals surface area contributed by atoms with Gasteiger partial charge in [-0.3, -0.25) is 5.10 Å². The number of aromatic nitrogens is 3. The van der Waals surface area contributed by atoms with Crippen LogP contribution in [0.5, 0.6) is 5.75 Å². The Morgan fingerprint density at radius 2 is 1.72 bits per heavy atom. The van der Waals surface area contributed by atoms with Gasteiger partial charge in [0.1, 0.15) is 11.6 Å². The van der Waals surface area contributed by atoms with Crippen LogP contribution in [-0.2, 0) is 0 Å². The number of aromatic amines is 1. The molecule has 0 saturated carbocycles. The second-order valence-corrected chi connectivity index (χ2v) is 6.02. The van der Waals surface area contributed by atoms with Gasteiger partial charge in [0.25, 0.3) is 0 Å². The number of halogens is 6. The first-order chi connectivity index (χ1) is 15.0. The molecule has 1 aromatic heterocycles. The molecule has 0 aliphatic rings. The number of nitrogens with one attached hydrogen (secondary N) is 1. The monoisotopic (exact) mass is 461 g/mol. The number of alkyl halides is 5. The normalized spacial score (nSPS) is 11.5. The number of rotatable bonds is 6. The fourth-order valence-corrected chi connectivity index (χ4v) is 2.42. The SMILES string of the molecule is CC.O=C(O)c1nc(-c2cccc(-c3cc(F)ccc3OCC(F)(F)C(F)(F)F)c2)n[nH]1. The summed E-state index contributed by atoms with van der Waals surface area (Å²) in [5.74, 6) is -8.09. The second kappa shape index (κ2) is 9.71. The van der Waals surface area contributed by atoms with E-state index in [9.17, 15) is 31.1 Å². The fraction of sp³-hybridized carbons (Fsp3) is 0.250. The van der Waals surface area contributed by atoms with Gasteiger partial charge in [0.2, 0.25) is 5.82 Å². The average Bonchev–Trinajstić information content (AvgIpc) is 3.24. The summed E-state index contributed by atoms with van der Waals surface area (Å²) in [6.45, 7) is 2.01. The number of aromatic carboxylic acids is 1. The number of carbonyl (C=O) groups is 1. The van der Waals surface area contributed by atoms with Crippen molar-refractivity contribution in [2.24, 2.45) is 0 Å². The zero-order valence-electron chi connectivity index (χ0n) is 16.7. The molecule has 0 fully saturated rings. The molecule has 0 spiro atoms. The quantitative estimate of drug-likeness (QED) is 0.468. The third-order valence-electron chi connectivity index (χ3n) is 3.89. The molecule has 32 heavy (non-hydrogen) atoms. The summed E-state index contributed by atoms with van der Waals surface area (Å²) in [5, 5.41) is 14.8. The predicted molar refractivity (Wildman–Crippen MR) is 102 cm³/mol. The molecular formula is C20H17F6N3O3. The van der Waals surface area contributed by atoms with Gasteiger partial charge in [0.05, 0.1) is 0 Å². The smallest absolute Gasteiger partial charge is 0.456 e. The van der Waals surface area contributed by atoms with Crippen LogP contribution in [0.3, 0.4) is 0 Å². The molecule has 0 aliphatic carbocycles. The van der Waals surface area contributed by atoms with Crippen molar-refractivity contribution in [3.8, 4) is 28.3 Å². The predicted octanol–water partition coefficient (Wildman–Crippen LogP) is 5.58. The van der Waals surface area contributed by atoms with Crippen molar-refractivity contribution >= 4 is 5.97 Å². The van der Waals surface area contributed by atoms with Crippen LogP contribution in [0.2, 0.25) is 0 Å². The third kappa shape index (κ3) is 5.56. The highest BCUT2D eigenvalue weighted by atomic mass is 19.4. The van der Waals surface area contributed by atoms with Crippen LogP contribution in [0.15, 0.2) is 42.5 Å². The van der Waals surface area contributed by atoms with Gasteiger partial charge in [-0.1, -0.05) is 32.0 Å². The maximum Gasteiger partial charge on any atom is 0.456 e. The highest BCUT2D eigenvalue weighted by Crippen LogP contribution is 2.38. The number of ether oxygens (including phenoxy) is 1. The lowest BCUT2D eigenvalue weighted by molar-refractivity contribution is -0.289. The summed E-state index contributed by atoms with van der Waals surface area (Å²) in [4.78, 5) is 14.7. The molecular weight excluding hydrogens is 444 g/mol. The standard InChI is InChI=1S/C18H11F6N3O3.C2H6/c19-11-4-5-13(30-8-17(20,21)18(22,23)24)12(7-11)9-2-1-3-10(6-9)14-25-15(16(28)29)27-26-14;1-2/h1-7H,8H2,(H,28,29)(H,25,26,27);1-2H3. The van der Waals surface area contributed by atoms with E-state index in [1.807, 2.05) is 13.8 Å². The highest BCUT2D eigenvalue weighted by Gasteiger charge is 2.58. The zero-order valence-corrected chi connectivity index (χ0v) is 16.7. The first-order valence-corrected chi connectivity index (χ1v) is 9.11. The summed E-state index contributed by atoms with van der Waals surface area (Å²) in [6.07, 6.45) is -5.80. The molecule has 172 valence electrons. The van der Waals surface area contributed by atoms with Crippen molar-refractivity contribution in [1.29, 1.82) is 0 Å². The van der Waals surface area contributed by atoms with Crippen molar-refractivity contribution in [3.63, 3.8) is 0 Å². The van der Waals surface area contributed by atoms with E-state index in [2.05, 4.69) is 19.9 Å². The Morgan fingerprint density at radius 1 is 1.06 bits per heavy atom. The molecule has 0 radical (unpaired) electrons. The van der Waals surface area contributed by atoms with Crippen LogP contribution >= 0.6 is 0 Å². The van der Waals surface area contributed by atoms with Crippen molar-refractivity contribution in [1.82, 2.24) is 15.2 Å². The van der Waals surface area contributed by atoms with Gasteiger partial charge in [-0.15, -0.1) is 0 Å². The molecule has 1 heterocycles. The van der Waals surface area contributed by atoms with Crippen LogP contribution in [0.4, 0.5) is 26.3 Å². The summed E-state index contributed by atoms with van der Waals surface area (Å²) in [6, 6.07) is 8.44. The molecule has 0 saturated heterocycles. The Balaban J connectivity index is 0.00000176. The van der Waals surface area contributed by atoms with Crippen molar-refractivity contribution in [2.75, 3.05) is 6.61 Å². The minimum atomic E-state index is -5.80. The van der Waals surface area contributed by atoms with Gasteiger partial charge in [0.15, 0.2) is 12.4 Å². The highest BCUT2D eigenvalue weighted by molar-refractivity contribution is 5.84. The second-order valence-electron chi connectivity index (χ2n) is 6.02. The molecule has 3 rings (SSSR count). The molecule has 2 aromatic carbocycles. The van der Waals surface area contributed by atoms with Crippen LogP contribution in [0.1, 0.15) is 24.5 Å². The number of hydrogen-bond acceptors (Lipinski definition) is 4. The van der Waals surface area contributed by atoms with Crippen molar-refractivity contribution in [3.05, 3.63) is 54.1 Å². The number of benzene rings is 2. The van der Waals surface area contributed by atoms with E-state index in [4.69, 9.17) is 5.11 Å². The summed E-state index contributed by atoms with van der Waals surface area (Å²) >= 11 is 0. The summed E-state index contributed by atoms with van der Waals surface area (Å²) in [5.41, 5.74) is 0.384. The van der Waals surface area contributed by atoms with E-state index in [0.29, 0.717) is 0 Å². The molecule has 12 heteroatoms. The lowest BCUT2D eigenvalue weighted by Crippen LogP contribution is -2.41. The molecule has 3 aromatic rings. The van der Waals surface area contributed by atoms with Gasteiger partial charge in [0, 0.05) is 11.1 Å². The van der Waals surface area contributed by atoms with Crippen LogP contribution in [-0.4, -0.2) is 45.0 Å². The number of carboxylic acid groups (broad SMARTS) is 1. The minimum Gasteiger partial charge on any atom is -0.486 e. The van der Waals surface area contributed by atoms with Crippen LogP contribution in [0.25, 0.3) is 22.5 Å². The van der Waals surface area contributed by atoms with Crippen LogP contribution in [0, 0.1) is 5.82 Å². The minimum absolute atomic E-state index is 0.0169. The van der Waals surface area contributed by atoms with Crippen LogP contribution < -0.4 is 4.74 Å². The Labute approximate surface area is 177 Å². The van der Waals surface area contributed by atoms with Gasteiger partial charge in [-0.25, -0.2) is 14.2 Å². The van der Waals surface area contributed by atoms with E-state index < -0.39 is 42.1 Å². The average molecular weight is 461 g/mol. The van der Waals surface area contributed by atoms with E-state index >= 15 is 0 Å². The zero-order chi connectivity index (χ0) is 24.1. The van der Waals surface area contributed by atoms with Crippen molar-refractivity contribution < 1.29 is 41.0 Å². The summed E-state index contributed by atoms with van der Waals surface area (Å²) in [7, 11) is 0. The largest absolute Gasteiger partial charge is 0.486 e. The van der Waals surface area contributed by atoms with Gasteiger partial charge >= 0.3 is 18.1 Å². The first-order valence-electron chi connectivity index (χ1n) is 9.11. The topological polar surface area (TPSA) is 88.1 Å². The first kappa shape index (κ1) is 24.7. The van der Waals surface area contributed by atoms with E-state index in [1.165, 1.54) is 24.3 Å². The number of nitrogens with zero attached hydrogens (tertiary/aromatic N) is 2. The number of carboxylic acids is 1. The molecule has 0 amide bonds.